The van der Waals surface area contributed by atoms with Crippen molar-refractivity contribution < 1.29 is 28.6 Å². The first kappa shape index (κ1) is 14.7. The summed E-state index contributed by atoms with van der Waals surface area (Å²) in [6.45, 7) is 0.482. The van der Waals surface area contributed by atoms with Gasteiger partial charge in [-0.1, -0.05) is 0 Å². The van der Waals surface area contributed by atoms with Crippen LogP contribution in [-0.2, 0) is 19.1 Å². The topological polar surface area (TPSA) is 76.1 Å². The number of aliphatic carboxylic acids is 1. The Hall–Kier alpha value is -1.21. The molecule has 3 saturated heterocycles. The third-order valence-electron chi connectivity index (χ3n) is 4.87. The summed E-state index contributed by atoms with van der Waals surface area (Å²) in [5, 5.41) is 9.20. The van der Waals surface area contributed by atoms with E-state index in [4.69, 9.17) is 9.47 Å². The highest BCUT2D eigenvalue weighted by molar-refractivity contribution is 5.84. The fourth-order valence-corrected chi connectivity index (χ4v) is 3.41. The van der Waals surface area contributed by atoms with Gasteiger partial charge >= 0.3 is 5.97 Å². The van der Waals surface area contributed by atoms with Gasteiger partial charge in [0, 0.05) is 13.2 Å². The fraction of sp³-hybridized carbons (Fsp3) is 0.857. The Morgan fingerprint density at radius 2 is 2.05 bits per heavy atom. The van der Waals surface area contributed by atoms with Crippen molar-refractivity contribution in [2.45, 2.75) is 37.5 Å². The number of halogens is 1. The molecule has 0 saturated carbocycles. The third-order valence-corrected chi connectivity index (χ3v) is 4.87. The van der Waals surface area contributed by atoms with Crippen molar-refractivity contribution in [2.24, 2.45) is 5.41 Å². The molecule has 21 heavy (non-hydrogen) atoms. The molecule has 0 aromatic rings. The van der Waals surface area contributed by atoms with Gasteiger partial charge in [0.2, 0.25) is 11.6 Å². The van der Waals surface area contributed by atoms with Crippen LogP contribution in [0.4, 0.5) is 4.39 Å². The number of carbonyl (C=O) groups excluding carboxylic acids is 1. The number of carboxylic acid groups (broad SMARTS) is 1. The van der Waals surface area contributed by atoms with Gasteiger partial charge in [-0.25, -0.2) is 9.18 Å². The van der Waals surface area contributed by atoms with Crippen LogP contribution in [0.3, 0.4) is 0 Å². The number of likely N-dealkylation sites (tertiary alicyclic amines) is 1. The van der Waals surface area contributed by atoms with E-state index < -0.39 is 23.6 Å². The molecule has 3 heterocycles. The maximum absolute atomic E-state index is 14.8. The first-order valence-corrected chi connectivity index (χ1v) is 7.36. The van der Waals surface area contributed by atoms with Crippen LogP contribution in [0.2, 0.25) is 0 Å². The summed E-state index contributed by atoms with van der Waals surface area (Å²) in [5.74, 6) is -1.73. The van der Waals surface area contributed by atoms with Gasteiger partial charge < -0.3 is 19.5 Å². The zero-order valence-corrected chi connectivity index (χ0v) is 11.8. The van der Waals surface area contributed by atoms with Gasteiger partial charge in [0.1, 0.15) is 0 Å². The van der Waals surface area contributed by atoms with Crippen molar-refractivity contribution in [3.05, 3.63) is 0 Å². The molecule has 3 aliphatic heterocycles. The van der Waals surface area contributed by atoms with E-state index in [2.05, 4.69) is 0 Å². The number of carbonyl (C=O) groups is 2. The summed E-state index contributed by atoms with van der Waals surface area (Å²) in [6.07, 6.45) is 2.93. The smallest absolute Gasteiger partial charge is 0.344 e. The van der Waals surface area contributed by atoms with Gasteiger partial charge in [-0.15, -0.1) is 0 Å². The lowest BCUT2D eigenvalue weighted by Crippen LogP contribution is -2.60. The maximum atomic E-state index is 14.8. The van der Waals surface area contributed by atoms with E-state index in [0.717, 1.165) is 19.3 Å². The molecule has 3 rings (SSSR count). The van der Waals surface area contributed by atoms with Gasteiger partial charge in [0.05, 0.1) is 37.7 Å². The molecule has 0 aliphatic carbocycles. The first-order chi connectivity index (χ1) is 9.97. The lowest BCUT2D eigenvalue weighted by atomic mass is 9.74. The van der Waals surface area contributed by atoms with Gasteiger partial charge in [-0.05, 0) is 19.3 Å². The zero-order valence-electron chi connectivity index (χ0n) is 11.8. The molecule has 3 fully saturated rings. The minimum absolute atomic E-state index is 0.0551. The van der Waals surface area contributed by atoms with Crippen LogP contribution in [0.5, 0.6) is 0 Å². The molecule has 3 aliphatic rings. The van der Waals surface area contributed by atoms with Crippen LogP contribution in [-0.4, -0.2) is 66.6 Å². The molecular formula is C14H20FNO5. The SMILES string of the molecule is O=C(CC1CCCCO1)N1CC2(COC2)C(F)(C(=O)O)C1. The Labute approximate surface area is 122 Å². The summed E-state index contributed by atoms with van der Waals surface area (Å²) < 4.78 is 25.4. The van der Waals surface area contributed by atoms with E-state index in [1.807, 2.05) is 0 Å². The highest BCUT2D eigenvalue weighted by atomic mass is 19.1. The number of hydrogen-bond donors (Lipinski definition) is 1. The molecular weight excluding hydrogens is 281 g/mol. The fourth-order valence-electron chi connectivity index (χ4n) is 3.41. The van der Waals surface area contributed by atoms with Crippen LogP contribution in [0.25, 0.3) is 0 Å². The summed E-state index contributed by atoms with van der Waals surface area (Å²) in [5.41, 5.74) is -3.49. The second-order valence-electron chi connectivity index (χ2n) is 6.32. The molecule has 0 bridgehead atoms. The molecule has 1 spiro atoms. The van der Waals surface area contributed by atoms with Crippen molar-refractivity contribution in [3.8, 4) is 0 Å². The minimum Gasteiger partial charge on any atom is -0.479 e. The van der Waals surface area contributed by atoms with Gasteiger partial charge in [-0.3, -0.25) is 4.79 Å². The second kappa shape index (κ2) is 5.21. The van der Waals surface area contributed by atoms with Crippen molar-refractivity contribution in [1.82, 2.24) is 4.90 Å². The highest BCUT2D eigenvalue weighted by Crippen LogP contribution is 2.48. The van der Waals surface area contributed by atoms with E-state index in [1.54, 1.807) is 0 Å². The lowest BCUT2D eigenvalue weighted by molar-refractivity contribution is -0.192. The number of nitrogens with zero attached hydrogens (tertiary/aromatic N) is 1. The van der Waals surface area contributed by atoms with E-state index in [-0.39, 0.29) is 38.2 Å². The Kier molecular flexibility index (Phi) is 3.65. The quantitative estimate of drug-likeness (QED) is 0.826. The van der Waals surface area contributed by atoms with Crippen LogP contribution < -0.4 is 0 Å². The van der Waals surface area contributed by atoms with Crippen LogP contribution in [0.15, 0.2) is 0 Å². The maximum Gasteiger partial charge on any atom is 0.344 e. The monoisotopic (exact) mass is 301 g/mol. The first-order valence-electron chi connectivity index (χ1n) is 7.36. The normalized spacial score (nSPS) is 34.7. The van der Waals surface area contributed by atoms with Crippen molar-refractivity contribution in [3.63, 3.8) is 0 Å². The van der Waals surface area contributed by atoms with Crippen molar-refractivity contribution >= 4 is 11.9 Å². The summed E-state index contributed by atoms with van der Waals surface area (Å²) in [6, 6.07) is 0. The Bertz CT molecular complexity index is 447. The van der Waals surface area contributed by atoms with E-state index in [0.29, 0.717) is 6.61 Å². The van der Waals surface area contributed by atoms with Crippen LogP contribution in [0.1, 0.15) is 25.7 Å². The van der Waals surface area contributed by atoms with Gasteiger partial charge in [-0.2, -0.15) is 0 Å². The predicted molar refractivity (Wildman–Crippen MR) is 69.5 cm³/mol. The van der Waals surface area contributed by atoms with Crippen molar-refractivity contribution in [2.75, 3.05) is 32.9 Å². The molecule has 1 N–H and O–H groups in total. The lowest BCUT2D eigenvalue weighted by Gasteiger charge is -2.43. The number of ether oxygens (including phenoxy) is 2. The summed E-state index contributed by atoms with van der Waals surface area (Å²) in [7, 11) is 0. The molecule has 2 atom stereocenters. The third kappa shape index (κ3) is 2.32. The molecule has 0 aromatic heterocycles. The van der Waals surface area contributed by atoms with Crippen LogP contribution >= 0.6 is 0 Å². The molecule has 6 nitrogen and oxygen atoms in total. The number of hydrogen-bond acceptors (Lipinski definition) is 4. The van der Waals surface area contributed by atoms with E-state index >= 15 is 0 Å². The zero-order chi connectivity index (χ0) is 15.1. The molecule has 0 aromatic carbocycles. The molecule has 118 valence electrons. The van der Waals surface area contributed by atoms with Gasteiger partial charge in [0.25, 0.3) is 0 Å². The molecule has 2 unspecified atom stereocenters. The molecule has 1 amide bonds. The Balaban J connectivity index is 1.67. The van der Waals surface area contributed by atoms with E-state index in [9.17, 15) is 19.1 Å². The van der Waals surface area contributed by atoms with E-state index in [1.165, 1.54) is 4.90 Å². The number of alkyl halides is 1. The standard InChI is InChI=1S/C14H20FNO5/c15-14(12(18)19)7-16(6-13(14)8-20-9-13)11(17)5-10-3-1-2-4-21-10/h10H,1-9H2,(H,18,19). The average molecular weight is 301 g/mol. The summed E-state index contributed by atoms with van der Waals surface area (Å²) in [4.78, 5) is 24.9. The predicted octanol–water partition coefficient (Wildman–Crippen LogP) is 0.597. The minimum atomic E-state index is -2.41. The average Bonchev–Trinajstić information content (AvgIpc) is 2.75. The molecule has 0 radical (unpaired) electrons. The van der Waals surface area contributed by atoms with Gasteiger partial charge in [0.15, 0.2) is 0 Å². The van der Waals surface area contributed by atoms with Crippen LogP contribution in [0, 0.1) is 5.41 Å². The Morgan fingerprint density at radius 3 is 2.52 bits per heavy atom. The summed E-state index contributed by atoms with van der Waals surface area (Å²) >= 11 is 0. The highest BCUT2D eigenvalue weighted by Gasteiger charge is 2.68. The second-order valence-corrected chi connectivity index (χ2v) is 6.32. The number of rotatable bonds is 3. The van der Waals surface area contributed by atoms with Crippen molar-refractivity contribution in [1.29, 1.82) is 0 Å². The number of amides is 1. The largest absolute Gasteiger partial charge is 0.479 e. The molecule has 7 heteroatoms. The Morgan fingerprint density at radius 1 is 1.29 bits per heavy atom. The number of carboxylic acids is 1.